The number of carbonyl (C=O) groups excluding carboxylic acids is 2. The Kier molecular flexibility index (Phi) is 4.48. The second-order valence-corrected chi connectivity index (χ2v) is 9.14. The number of benzene rings is 1. The third kappa shape index (κ3) is 3.04. The standard InChI is InChI=1S/C20H19Cl2FN4O3/c1-26-16(13(22)7-25-26)4-15-12-2-11(21)3-14(23)17(12)18(28)27(15)8-10-5-20(6-10)9-24-19(29)30-20/h2-3,7,10,15H,4-6,8-9H2,1H3,(H,24,29)/t10?,15-,20?/m0/s1. The second-order valence-electron chi connectivity index (χ2n) is 8.29. The number of halogens is 3. The van der Waals surface area contributed by atoms with Gasteiger partial charge in [-0.3, -0.25) is 9.48 Å². The lowest BCUT2D eigenvalue weighted by Crippen LogP contribution is -2.51. The van der Waals surface area contributed by atoms with Crippen molar-refractivity contribution in [1.82, 2.24) is 20.0 Å². The number of nitrogens with one attached hydrogen (secondary N) is 1. The van der Waals surface area contributed by atoms with E-state index in [9.17, 15) is 14.0 Å². The van der Waals surface area contributed by atoms with Crippen molar-refractivity contribution in [3.63, 3.8) is 0 Å². The average Bonchev–Trinajstić information content (AvgIpc) is 3.27. The Hall–Kier alpha value is -2.32. The highest BCUT2D eigenvalue weighted by atomic mass is 35.5. The fourth-order valence-electron chi connectivity index (χ4n) is 4.94. The van der Waals surface area contributed by atoms with Crippen molar-refractivity contribution < 1.29 is 18.7 Å². The van der Waals surface area contributed by atoms with Crippen molar-refractivity contribution >= 4 is 35.2 Å². The third-order valence-electron chi connectivity index (χ3n) is 6.33. The number of fused-ring (bicyclic) bond motifs is 1. The van der Waals surface area contributed by atoms with E-state index < -0.39 is 23.6 Å². The number of rotatable bonds is 4. The zero-order chi connectivity index (χ0) is 21.2. The van der Waals surface area contributed by atoms with Crippen LogP contribution in [0.4, 0.5) is 9.18 Å². The molecule has 0 bridgehead atoms. The minimum absolute atomic E-state index is 0.0608. The second kappa shape index (κ2) is 6.85. The van der Waals surface area contributed by atoms with Gasteiger partial charge in [-0.1, -0.05) is 23.2 Å². The monoisotopic (exact) mass is 452 g/mol. The number of ether oxygens (including phenoxy) is 1. The van der Waals surface area contributed by atoms with Crippen LogP contribution in [0.15, 0.2) is 18.3 Å². The van der Waals surface area contributed by atoms with Crippen LogP contribution < -0.4 is 5.32 Å². The van der Waals surface area contributed by atoms with E-state index in [2.05, 4.69) is 10.4 Å². The van der Waals surface area contributed by atoms with E-state index in [0.717, 1.165) is 11.8 Å². The molecule has 1 aromatic heterocycles. The van der Waals surface area contributed by atoms with Gasteiger partial charge in [0.2, 0.25) is 0 Å². The van der Waals surface area contributed by atoms with Crippen molar-refractivity contribution in [2.24, 2.45) is 13.0 Å². The van der Waals surface area contributed by atoms with E-state index in [1.54, 1.807) is 28.9 Å². The fourth-order valence-corrected chi connectivity index (χ4v) is 5.40. The first-order chi connectivity index (χ1) is 14.3. The summed E-state index contributed by atoms with van der Waals surface area (Å²) in [6, 6.07) is 2.41. The van der Waals surface area contributed by atoms with Gasteiger partial charge in [-0.15, -0.1) is 0 Å². The molecule has 1 aliphatic carbocycles. The molecule has 0 radical (unpaired) electrons. The molecule has 2 fully saturated rings. The number of aryl methyl sites for hydroxylation is 1. The number of hydrogen-bond donors (Lipinski definition) is 1. The summed E-state index contributed by atoms with van der Waals surface area (Å²) in [4.78, 5) is 26.3. The van der Waals surface area contributed by atoms with Crippen molar-refractivity contribution in [2.75, 3.05) is 13.1 Å². The van der Waals surface area contributed by atoms with Gasteiger partial charge in [0.05, 0.1) is 35.1 Å². The van der Waals surface area contributed by atoms with Crippen LogP contribution in [0.2, 0.25) is 10.0 Å². The quantitative estimate of drug-likeness (QED) is 0.769. The van der Waals surface area contributed by atoms with Gasteiger partial charge in [0.1, 0.15) is 11.4 Å². The van der Waals surface area contributed by atoms with Crippen LogP contribution >= 0.6 is 23.2 Å². The molecule has 1 saturated heterocycles. The third-order valence-corrected chi connectivity index (χ3v) is 6.87. The van der Waals surface area contributed by atoms with Gasteiger partial charge in [0.25, 0.3) is 5.91 Å². The molecule has 1 N–H and O–H groups in total. The smallest absolute Gasteiger partial charge is 0.407 e. The molecule has 1 spiro atoms. The summed E-state index contributed by atoms with van der Waals surface area (Å²) < 4.78 is 21.7. The Morgan fingerprint density at radius 1 is 1.33 bits per heavy atom. The Morgan fingerprint density at radius 2 is 2.10 bits per heavy atom. The van der Waals surface area contributed by atoms with Crippen molar-refractivity contribution in [3.8, 4) is 0 Å². The number of nitrogens with zero attached hydrogens (tertiary/aromatic N) is 3. The summed E-state index contributed by atoms with van der Waals surface area (Å²) in [7, 11) is 1.78. The lowest BCUT2D eigenvalue weighted by atomic mass is 9.70. The predicted molar refractivity (Wildman–Crippen MR) is 107 cm³/mol. The number of carbonyl (C=O) groups is 2. The number of alkyl carbamates (subject to hydrolysis) is 1. The maximum atomic E-state index is 14.7. The van der Waals surface area contributed by atoms with E-state index in [-0.39, 0.29) is 22.4 Å². The first-order valence-electron chi connectivity index (χ1n) is 9.69. The first kappa shape index (κ1) is 19.6. The molecule has 2 aliphatic heterocycles. The van der Waals surface area contributed by atoms with Gasteiger partial charge in [0, 0.05) is 25.0 Å². The van der Waals surface area contributed by atoms with Gasteiger partial charge in [-0.25, -0.2) is 9.18 Å². The molecule has 1 atom stereocenters. The maximum absolute atomic E-state index is 14.7. The minimum Gasteiger partial charge on any atom is -0.441 e. The molecule has 158 valence electrons. The largest absolute Gasteiger partial charge is 0.441 e. The van der Waals surface area contributed by atoms with Crippen LogP contribution in [0, 0.1) is 11.7 Å². The van der Waals surface area contributed by atoms with Gasteiger partial charge >= 0.3 is 6.09 Å². The Balaban J connectivity index is 1.44. The van der Waals surface area contributed by atoms with Gasteiger partial charge in [0.15, 0.2) is 0 Å². The van der Waals surface area contributed by atoms with Gasteiger partial charge in [-0.05, 0) is 36.5 Å². The number of aromatic nitrogens is 2. The molecule has 0 unspecified atom stereocenters. The SMILES string of the molecule is Cn1ncc(Cl)c1C[C@H]1c2cc(Cl)cc(F)c2C(=O)N1CC1CC2(CNC(=O)O2)C1. The summed E-state index contributed by atoms with van der Waals surface area (Å²) in [5.41, 5.74) is 0.898. The lowest BCUT2D eigenvalue weighted by molar-refractivity contribution is -0.0555. The molecule has 1 aromatic carbocycles. The van der Waals surface area contributed by atoms with Crippen LogP contribution in [0.25, 0.3) is 0 Å². The van der Waals surface area contributed by atoms with Crippen molar-refractivity contribution in [2.45, 2.75) is 30.9 Å². The summed E-state index contributed by atoms with van der Waals surface area (Å²) in [5.74, 6) is -0.825. The summed E-state index contributed by atoms with van der Waals surface area (Å²) >= 11 is 12.4. The molecular weight excluding hydrogens is 434 g/mol. The van der Waals surface area contributed by atoms with Crippen molar-refractivity contribution in [3.05, 3.63) is 51.0 Å². The van der Waals surface area contributed by atoms with Gasteiger partial charge < -0.3 is 15.0 Å². The summed E-state index contributed by atoms with van der Waals surface area (Å²) in [6.45, 7) is 0.915. The minimum atomic E-state index is -0.620. The van der Waals surface area contributed by atoms with Crippen LogP contribution in [-0.4, -0.2) is 45.4 Å². The average molecular weight is 453 g/mol. The zero-order valence-electron chi connectivity index (χ0n) is 16.1. The lowest BCUT2D eigenvalue weighted by Gasteiger charge is -2.44. The van der Waals surface area contributed by atoms with Crippen LogP contribution in [0.5, 0.6) is 0 Å². The van der Waals surface area contributed by atoms with Crippen LogP contribution in [0.1, 0.15) is 40.5 Å². The molecular formula is C20H19Cl2FN4O3. The summed E-state index contributed by atoms with van der Waals surface area (Å²) in [5, 5.41) is 7.58. The Morgan fingerprint density at radius 3 is 2.73 bits per heavy atom. The fraction of sp³-hybridized carbons (Fsp3) is 0.450. The molecule has 30 heavy (non-hydrogen) atoms. The topological polar surface area (TPSA) is 76.5 Å². The predicted octanol–water partition coefficient (Wildman–Crippen LogP) is 3.49. The van der Waals surface area contributed by atoms with E-state index in [0.29, 0.717) is 42.9 Å². The van der Waals surface area contributed by atoms with Crippen molar-refractivity contribution in [1.29, 1.82) is 0 Å². The first-order valence-corrected chi connectivity index (χ1v) is 10.4. The molecule has 2 amide bonds. The van der Waals surface area contributed by atoms with E-state index in [4.69, 9.17) is 27.9 Å². The molecule has 5 rings (SSSR count). The number of hydrogen-bond acceptors (Lipinski definition) is 4. The molecule has 3 aliphatic rings. The molecule has 3 heterocycles. The maximum Gasteiger partial charge on any atom is 0.407 e. The molecule has 7 nitrogen and oxygen atoms in total. The molecule has 10 heteroatoms. The highest BCUT2D eigenvalue weighted by molar-refractivity contribution is 6.31. The van der Waals surface area contributed by atoms with Crippen LogP contribution in [0.3, 0.4) is 0 Å². The normalized spacial score (nSPS) is 27.3. The number of amides is 2. The zero-order valence-corrected chi connectivity index (χ0v) is 17.6. The van der Waals surface area contributed by atoms with Gasteiger partial charge in [-0.2, -0.15) is 5.10 Å². The summed E-state index contributed by atoms with van der Waals surface area (Å²) in [6.07, 6.45) is 2.86. The van der Waals surface area contributed by atoms with E-state index in [1.165, 1.54) is 0 Å². The van der Waals surface area contributed by atoms with Crippen LogP contribution in [-0.2, 0) is 18.2 Å². The highest BCUT2D eigenvalue weighted by Gasteiger charge is 2.53. The highest BCUT2D eigenvalue weighted by Crippen LogP contribution is 2.46. The molecule has 2 aromatic rings. The Labute approximate surface area is 182 Å². The Bertz CT molecular complexity index is 1050. The van der Waals surface area contributed by atoms with E-state index >= 15 is 0 Å². The molecule has 1 saturated carbocycles. The van der Waals surface area contributed by atoms with E-state index in [1.807, 2.05) is 0 Å².